The molecule has 1 aromatic carbocycles. The first kappa shape index (κ1) is 18.2. The first-order valence-electron chi connectivity index (χ1n) is 9.44. The SMILES string of the molecule is Cn1ccnc1C(O)C1CCN(C(=O)Nc2ccccc2-n2cccn2)CC1. The van der Waals surface area contributed by atoms with Crippen molar-refractivity contribution in [3.63, 3.8) is 0 Å². The van der Waals surface area contributed by atoms with Crippen molar-refractivity contribution in [2.24, 2.45) is 13.0 Å². The predicted octanol–water partition coefficient (Wildman–Crippen LogP) is 2.58. The Bertz CT molecular complexity index is 928. The zero-order valence-corrected chi connectivity index (χ0v) is 15.8. The highest BCUT2D eigenvalue weighted by molar-refractivity contribution is 5.91. The number of aliphatic hydroxyl groups excluding tert-OH is 1. The number of piperidine rings is 1. The van der Waals surface area contributed by atoms with Crippen molar-refractivity contribution >= 4 is 11.7 Å². The number of imidazole rings is 1. The van der Waals surface area contributed by atoms with Gasteiger partial charge in [0.25, 0.3) is 0 Å². The summed E-state index contributed by atoms with van der Waals surface area (Å²) in [5, 5.41) is 17.8. The fourth-order valence-electron chi connectivity index (χ4n) is 3.68. The van der Waals surface area contributed by atoms with Crippen LogP contribution < -0.4 is 5.32 Å². The molecular formula is C20H24N6O2. The number of anilines is 1. The molecule has 1 aliphatic rings. The molecule has 1 unspecified atom stereocenters. The van der Waals surface area contributed by atoms with Gasteiger partial charge in [0.1, 0.15) is 11.9 Å². The minimum Gasteiger partial charge on any atom is -0.385 e. The number of aliphatic hydroxyl groups is 1. The second kappa shape index (κ2) is 7.85. The molecule has 0 aliphatic carbocycles. The standard InChI is InChI=1S/C20H24N6O2/c1-24-14-10-21-19(24)18(27)15-7-12-25(13-8-15)20(28)23-16-5-2-3-6-17(16)26-11-4-9-22-26/h2-6,9-11,14-15,18,27H,7-8,12-13H2,1H3,(H,23,28). The number of aromatic nitrogens is 4. The number of carbonyl (C=O) groups excluding carboxylic acids is 1. The average Bonchev–Trinajstić information content (AvgIpc) is 3.40. The van der Waals surface area contributed by atoms with Gasteiger partial charge in [-0.1, -0.05) is 12.1 Å². The van der Waals surface area contributed by atoms with E-state index in [1.165, 1.54) is 0 Å². The topological polar surface area (TPSA) is 88.2 Å². The van der Waals surface area contributed by atoms with Crippen LogP contribution in [0.3, 0.4) is 0 Å². The van der Waals surface area contributed by atoms with Crippen LogP contribution in [0.25, 0.3) is 5.69 Å². The first-order valence-corrected chi connectivity index (χ1v) is 9.44. The van der Waals surface area contributed by atoms with Gasteiger partial charge in [0, 0.05) is 44.9 Å². The second-order valence-corrected chi connectivity index (χ2v) is 7.06. The molecule has 1 aliphatic heterocycles. The van der Waals surface area contributed by atoms with Crippen LogP contribution in [0.15, 0.2) is 55.1 Å². The number of nitrogens with zero attached hydrogens (tertiary/aromatic N) is 5. The van der Waals surface area contributed by atoms with Crippen molar-refractivity contribution in [2.45, 2.75) is 18.9 Å². The Labute approximate surface area is 163 Å². The van der Waals surface area contributed by atoms with Gasteiger partial charge in [-0.3, -0.25) is 0 Å². The van der Waals surface area contributed by atoms with E-state index in [4.69, 9.17) is 0 Å². The van der Waals surface area contributed by atoms with Crippen LogP contribution in [0.4, 0.5) is 10.5 Å². The summed E-state index contributed by atoms with van der Waals surface area (Å²) in [6, 6.07) is 9.29. The molecule has 4 rings (SSSR count). The normalized spacial score (nSPS) is 16.1. The van der Waals surface area contributed by atoms with E-state index in [1.807, 2.05) is 54.3 Å². The quantitative estimate of drug-likeness (QED) is 0.728. The molecule has 146 valence electrons. The number of para-hydroxylation sites is 2. The van der Waals surface area contributed by atoms with Crippen LogP contribution in [-0.4, -0.2) is 48.5 Å². The van der Waals surface area contributed by atoms with Gasteiger partial charge in [0.15, 0.2) is 0 Å². The minimum atomic E-state index is -0.606. The highest BCUT2D eigenvalue weighted by Crippen LogP contribution is 2.30. The van der Waals surface area contributed by atoms with E-state index in [1.54, 1.807) is 22.0 Å². The van der Waals surface area contributed by atoms with Crippen LogP contribution in [0.2, 0.25) is 0 Å². The molecule has 0 saturated carbocycles. The van der Waals surface area contributed by atoms with Crippen LogP contribution >= 0.6 is 0 Å². The average molecular weight is 380 g/mol. The summed E-state index contributed by atoms with van der Waals surface area (Å²) in [6.07, 6.45) is 7.94. The van der Waals surface area contributed by atoms with Gasteiger partial charge in [-0.15, -0.1) is 0 Å². The smallest absolute Gasteiger partial charge is 0.321 e. The molecule has 1 saturated heterocycles. The molecule has 0 radical (unpaired) electrons. The van der Waals surface area contributed by atoms with Crippen molar-refractivity contribution < 1.29 is 9.90 Å². The third-order valence-electron chi connectivity index (χ3n) is 5.29. The number of rotatable bonds is 4. The van der Waals surface area contributed by atoms with Gasteiger partial charge in [-0.2, -0.15) is 5.10 Å². The Balaban J connectivity index is 1.38. The number of hydrogen-bond acceptors (Lipinski definition) is 4. The molecule has 1 fully saturated rings. The Morgan fingerprint density at radius 2 is 1.96 bits per heavy atom. The second-order valence-electron chi connectivity index (χ2n) is 7.06. The fourth-order valence-corrected chi connectivity index (χ4v) is 3.68. The van der Waals surface area contributed by atoms with Crippen molar-refractivity contribution in [1.82, 2.24) is 24.2 Å². The molecule has 2 amide bonds. The molecule has 3 aromatic rings. The van der Waals surface area contributed by atoms with E-state index in [-0.39, 0.29) is 11.9 Å². The van der Waals surface area contributed by atoms with Gasteiger partial charge in [0.05, 0.1) is 11.4 Å². The van der Waals surface area contributed by atoms with Crippen molar-refractivity contribution in [2.75, 3.05) is 18.4 Å². The van der Waals surface area contributed by atoms with E-state index in [2.05, 4.69) is 15.4 Å². The number of amides is 2. The molecule has 2 N–H and O–H groups in total. The van der Waals surface area contributed by atoms with Crippen molar-refractivity contribution in [3.8, 4) is 5.69 Å². The summed E-state index contributed by atoms with van der Waals surface area (Å²) in [4.78, 5) is 18.8. The summed E-state index contributed by atoms with van der Waals surface area (Å²) < 4.78 is 3.57. The lowest BCUT2D eigenvalue weighted by Crippen LogP contribution is -2.42. The molecule has 28 heavy (non-hydrogen) atoms. The number of urea groups is 1. The van der Waals surface area contributed by atoms with Crippen LogP contribution in [0, 0.1) is 5.92 Å². The fraction of sp³-hybridized carbons (Fsp3) is 0.350. The Morgan fingerprint density at radius 1 is 1.18 bits per heavy atom. The van der Waals surface area contributed by atoms with Gasteiger partial charge in [-0.05, 0) is 37.0 Å². The summed E-state index contributed by atoms with van der Waals surface area (Å²) in [5.74, 6) is 0.776. The number of nitrogens with one attached hydrogen (secondary N) is 1. The lowest BCUT2D eigenvalue weighted by atomic mass is 9.91. The number of likely N-dealkylation sites (tertiary alicyclic amines) is 1. The summed E-state index contributed by atoms with van der Waals surface area (Å²) in [7, 11) is 1.88. The highest BCUT2D eigenvalue weighted by atomic mass is 16.3. The Morgan fingerprint density at radius 3 is 2.64 bits per heavy atom. The molecular weight excluding hydrogens is 356 g/mol. The van der Waals surface area contributed by atoms with Gasteiger partial charge >= 0.3 is 6.03 Å². The number of benzene rings is 1. The highest BCUT2D eigenvalue weighted by Gasteiger charge is 2.30. The Kier molecular flexibility index (Phi) is 5.12. The molecule has 0 spiro atoms. The van der Waals surface area contributed by atoms with E-state index < -0.39 is 6.10 Å². The van der Waals surface area contributed by atoms with Crippen LogP contribution in [-0.2, 0) is 7.05 Å². The lowest BCUT2D eigenvalue weighted by molar-refractivity contribution is 0.0600. The molecule has 0 bridgehead atoms. The maximum atomic E-state index is 12.8. The summed E-state index contributed by atoms with van der Waals surface area (Å²) >= 11 is 0. The summed E-state index contributed by atoms with van der Waals surface area (Å²) in [6.45, 7) is 1.20. The number of carbonyl (C=O) groups is 1. The largest absolute Gasteiger partial charge is 0.385 e. The van der Waals surface area contributed by atoms with Crippen LogP contribution in [0.1, 0.15) is 24.8 Å². The zero-order chi connectivity index (χ0) is 19.5. The van der Waals surface area contributed by atoms with Crippen molar-refractivity contribution in [1.29, 1.82) is 0 Å². The lowest BCUT2D eigenvalue weighted by Gasteiger charge is -2.34. The maximum absolute atomic E-state index is 12.8. The van der Waals surface area contributed by atoms with Crippen LogP contribution in [0.5, 0.6) is 0 Å². The van der Waals surface area contributed by atoms with E-state index >= 15 is 0 Å². The number of aryl methyl sites for hydroxylation is 1. The molecule has 8 heteroatoms. The Hall–Kier alpha value is -3.13. The first-order chi connectivity index (χ1) is 13.6. The van der Waals surface area contributed by atoms with Gasteiger partial charge < -0.3 is 19.9 Å². The van der Waals surface area contributed by atoms with E-state index in [0.29, 0.717) is 24.6 Å². The minimum absolute atomic E-state index is 0.0986. The van der Waals surface area contributed by atoms with Crippen molar-refractivity contribution in [3.05, 3.63) is 60.9 Å². The summed E-state index contributed by atoms with van der Waals surface area (Å²) in [5.41, 5.74) is 1.53. The maximum Gasteiger partial charge on any atom is 0.321 e. The third-order valence-corrected chi connectivity index (χ3v) is 5.29. The van der Waals surface area contributed by atoms with Gasteiger partial charge in [-0.25, -0.2) is 14.5 Å². The molecule has 8 nitrogen and oxygen atoms in total. The molecule has 2 aromatic heterocycles. The zero-order valence-electron chi connectivity index (χ0n) is 15.8. The monoisotopic (exact) mass is 380 g/mol. The van der Waals surface area contributed by atoms with E-state index in [0.717, 1.165) is 18.5 Å². The molecule has 3 heterocycles. The van der Waals surface area contributed by atoms with E-state index in [9.17, 15) is 9.90 Å². The predicted molar refractivity (Wildman–Crippen MR) is 105 cm³/mol. The number of hydrogen-bond donors (Lipinski definition) is 2. The molecule has 1 atom stereocenters. The third kappa shape index (κ3) is 3.63. The van der Waals surface area contributed by atoms with Gasteiger partial charge in [0.2, 0.25) is 0 Å².